The number of likely N-dealkylation sites (tertiary alicyclic amines) is 1. The number of likely N-dealkylation sites (N-methyl/N-ethyl adjacent to an activating group) is 1. The van der Waals surface area contributed by atoms with Crippen LogP contribution >= 0.6 is 11.3 Å². The maximum atomic E-state index is 12.4. The summed E-state index contributed by atoms with van der Waals surface area (Å²) in [6.45, 7) is 6.42. The number of aryl methyl sites for hydroxylation is 1. The van der Waals surface area contributed by atoms with Gasteiger partial charge < -0.3 is 9.80 Å². The first-order valence-electron chi connectivity index (χ1n) is 9.85. The SMILES string of the molecule is Cc1ccccc1CCN1CCCC(CN(C)C(=O)C=Cc2cccs2)C1. The number of hydrogen-bond acceptors (Lipinski definition) is 3. The molecule has 0 aliphatic carbocycles. The summed E-state index contributed by atoms with van der Waals surface area (Å²) in [5.74, 6) is 0.667. The topological polar surface area (TPSA) is 23.6 Å². The molecule has 0 radical (unpaired) electrons. The molecule has 2 aromatic rings. The number of rotatable bonds is 7. The first kappa shape index (κ1) is 19.8. The Morgan fingerprint density at radius 2 is 2.15 bits per heavy atom. The van der Waals surface area contributed by atoms with Crippen molar-refractivity contribution in [2.24, 2.45) is 5.92 Å². The van der Waals surface area contributed by atoms with Crippen LogP contribution < -0.4 is 0 Å². The molecule has 0 N–H and O–H groups in total. The second kappa shape index (κ2) is 9.86. The summed E-state index contributed by atoms with van der Waals surface area (Å²) in [5, 5.41) is 2.03. The lowest BCUT2D eigenvalue weighted by Gasteiger charge is -2.34. The maximum Gasteiger partial charge on any atom is 0.246 e. The highest BCUT2D eigenvalue weighted by Crippen LogP contribution is 2.19. The highest BCUT2D eigenvalue weighted by Gasteiger charge is 2.22. The molecule has 1 amide bonds. The van der Waals surface area contributed by atoms with Crippen LogP contribution in [0.4, 0.5) is 0 Å². The first-order valence-corrected chi connectivity index (χ1v) is 10.7. The van der Waals surface area contributed by atoms with Crippen molar-refractivity contribution < 1.29 is 4.79 Å². The molecule has 27 heavy (non-hydrogen) atoms. The molecule has 1 aromatic carbocycles. The summed E-state index contributed by atoms with van der Waals surface area (Å²) in [5.41, 5.74) is 2.83. The number of benzene rings is 1. The Morgan fingerprint density at radius 3 is 2.93 bits per heavy atom. The van der Waals surface area contributed by atoms with Gasteiger partial charge in [-0.3, -0.25) is 4.79 Å². The molecule has 3 nitrogen and oxygen atoms in total. The van der Waals surface area contributed by atoms with E-state index in [1.54, 1.807) is 17.4 Å². The molecular weight excluding hydrogens is 352 g/mol. The molecule has 0 saturated carbocycles. The van der Waals surface area contributed by atoms with Crippen LogP contribution in [-0.4, -0.2) is 48.9 Å². The number of nitrogens with zero attached hydrogens (tertiary/aromatic N) is 2. The second-order valence-corrected chi connectivity index (χ2v) is 8.53. The Morgan fingerprint density at radius 1 is 1.30 bits per heavy atom. The van der Waals surface area contributed by atoms with E-state index in [1.807, 2.05) is 35.5 Å². The van der Waals surface area contributed by atoms with Crippen molar-refractivity contribution in [2.45, 2.75) is 26.2 Å². The summed E-state index contributed by atoms with van der Waals surface area (Å²) >= 11 is 1.65. The summed E-state index contributed by atoms with van der Waals surface area (Å²) in [6.07, 6.45) is 7.17. The van der Waals surface area contributed by atoms with E-state index in [-0.39, 0.29) is 5.91 Å². The zero-order valence-corrected chi connectivity index (χ0v) is 17.3. The van der Waals surface area contributed by atoms with E-state index < -0.39 is 0 Å². The molecule has 3 rings (SSSR count). The van der Waals surface area contributed by atoms with E-state index in [4.69, 9.17) is 0 Å². The summed E-state index contributed by atoms with van der Waals surface area (Å²) in [6, 6.07) is 12.7. The average molecular weight is 383 g/mol. The molecule has 1 aliphatic heterocycles. The van der Waals surface area contributed by atoms with Gasteiger partial charge in [-0.05, 0) is 67.3 Å². The van der Waals surface area contributed by atoms with Crippen molar-refractivity contribution in [1.82, 2.24) is 9.80 Å². The molecular formula is C23H30N2OS. The summed E-state index contributed by atoms with van der Waals surface area (Å²) < 4.78 is 0. The van der Waals surface area contributed by atoms with Gasteiger partial charge in [0.15, 0.2) is 0 Å². The Kier molecular flexibility index (Phi) is 7.25. The van der Waals surface area contributed by atoms with Gasteiger partial charge >= 0.3 is 0 Å². The molecule has 4 heteroatoms. The lowest BCUT2D eigenvalue weighted by Crippen LogP contribution is -2.42. The number of carbonyl (C=O) groups excluding carboxylic acids is 1. The van der Waals surface area contributed by atoms with Gasteiger partial charge in [0, 0.05) is 37.6 Å². The predicted molar refractivity (Wildman–Crippen MR) is 115 cm³/mol. The van der Waals surface area contributed by atoms with Gasteiger partial charge in [0.2, 0.25) is 5.91 Å². The Bertz CT molecular complexity index is 753. The summed E-state index contributed by atoms with van der Waals surface area (Å²) in [4.78, 5) is 17.9. The predicted octanol–water partition coefficient (Wildman–Crippen LogP) is 4.48. The molecule has 1 aromatic heterocycles. The lowest BCUT2D eigenvalue weighted by atomic mass is 9.96. The van der Waals surface area contributed by atoms with Crippen LogP contribution in [0.2, 0.25) is 0 Å². The Labute approximate surface area is 167 Å². The van der Waals surface area contributed by atoms with E-state index in [0.717, 1.165) is 30.9 Å². The van der Waals surface area contributed by atoms with Gasteiger partial charge in [0.05, 0.1) is 0 Å². The molecule has 1 atom stereocenters. The van der Waals surface area contributed by atoms with Gasteiger partial charge in [0.1, 0.15) is 0 Å². The number of thiophene rings is 1. The molecule has 1 saturated heterocycles. The Balaban J connectivity index is 1.46. The maximum absolute atomic E-state index is 12.4. The average Bonchev–Trinajstić information content (AvgIpc) is 3.19. The highest BCUT2D eigenvalue weighted by atomic mass is 32.1. The quantitative estimate of drug-likeness (QED) is 0.659. The fourth-order valence-corrected chi connectivity index (χ4v) is 4.43. The molecule has 144 valence electrons. The van der Waals surface area contributed by atoms with Crippen molar-refractivity contribution in [2.75, 3.05) is 33.2 Å². The third kappa shape index (κ3) is 6.05. The minimum absolute atomic E-state index is 0.0976. The third-order valence-electron chi connectivity index (χ3n) is 5.40. The van der Waals surface area contributed by atoms with Gasteiger partial charge in [-0.25, -0.2) is 0 Å². The number of piperidine rings is 1. The monoisotopic (exact) mass is 382 g/mol. The van der Waals surface area contributed by atoms with E-state index in [2.05, 4.69) is 36.1 Å². The molecule has 0 bridgehead atoms. The second-order valence-electron chi connectivity index (χ2n) is 7.55. The van der Waals surface area contributed by atoms with Gasteiger partial charge in [-0.15, -0.1) is 11.3 Å². The van der Waals surface area contributed by atoms with Crippen LogP contribution in [0.3, 0.4) is 0 Å². The zero-order valence-electron chi connectivity index (χ0n) is 16.4. The third-order valence-corrected chi connectivity index (χ3v) is 6.24. The fraction of sp³-hybridized carbons (Fsp3) is 0.435. The molecule has 1 unspecified atom stereocenters. The largest absolute Gasteiger partial charge is 0.342 e. The Hall–Kier alpha value is -1.91. The van der Waals surface area contributed by atoms with Gasteiger partial charge in [-0.2, -0.15) is 0 Å². The van der Waals surface area contributed by atoms with Crippen LogP contribution in [0.15, 0.2) is 47.9 Å². The van der Waals surface area contributed by atoms with Crippen molar-refractivity contribution in [3.8, 4) is 0 Å². The van der Waals surface area contributed by atoms with E-state index >= 15 is 0 Å². The zero-order chi connectivity index (χ0) is 19.1. The molecule has 1 aliphatic rings. The van der Waals surface area contributed by atoms with Crippen molar-refractivity contribution in [1.29, 1.82) is 0 Å². The van der Waals surface area contributed by atoms with Gasteiger partial charge in [-0.1, -0.05) is 30.3 Å². The standard InChI is InChI=1S/C23H30N2OS/c1-19-7-3-4-9-21(19)13-15-25-14-5-8-20(18-25)17-24(2)23(26)12-11-22-10-6-16-27-22/h3-4,6-7,9-12,16,20H,5,8,13-15,17-18H2,1-2H3. The van der Waals surface area contributed by atoms with E-state index in [1.165, 1.54) is 30.5 Å². The van der Waals surface area contributed by atoms with Gasteiger partial charge in [0.25, 0.3) is 0 Å². The molecule has 1 fully saturated rings. The minimum Gasteiger partial charge on any atom is -0.342 e. The number of amides is 1. The number of hydrogen-bond donors (Lipinski definition) is 0. The summed E-state index contributed by atoms with van der Waals surface area (Å²) in [7, 11) is 1.92. The molecule has 0 spiro atoms. The van der Waals surface area contributed by atoms with E-state index in [0.29, 0.717) is 5.92 Å². The van der Waals surface area contributed by atoms with Crippen molar-refractivity contribution >= 4 is 23.3 Å². The van der Waals surface area contributed by atoms with Crippen LogP contribution in [-0.2, 0) is 11.2 Å². The minimum atomic E-state index is 0.0976. The van der Waals surface area contributed by atoms with Crippen LogP contribution in [0.1, 0.15) is 28.8 Å². The fourth-order valence-electron chi connectivity index (χ4n) is 3.82. The van der Waals surface area contributed by atoms with Crippen molar-refractivity contribution in [3.05, 3.63) is 63.9 Å². The molecule has 2 heterocycles. The van der Waals surface area contributed by atoms with Crippen LogP contribution in [0.25, 0.3) is 6.08 Å². The lowest BCUT2D eigenvalue weighted by molar-refractivity contribution is -0.125. The van der Waals surface area contributed by atoms with Crippen LogP contribution in [0, 0.1) is 12.8 Å². The van der Waals surface area contributed by atoms with Crippen molar-refractivity contribution in [3.63, 3.8) is 0 Å². The normalized spacial score (nSPS) is 18.1. The van der Waals surface area contributed by atoms with Crippen LogP contribution in [0.5, 0.6) is 0 Å². The van der Waals surface area contributed by atoms with E-state index in [9.17, 15) is 4.79 Å². The highest BCUT2D eigenvalue weighted by molar-refractivity contribution is 7.10. The smallest absolute Gasteiger partial charge is 0.246 e. The first-order chi connectivity index (χ1) is 13.1. The number of carbonyl (C=O) groups is 1.